The van der Waals surface area contributed by atoms with Gasteiger partial charge in [0, 0.05) is 24.2 Å². The highest BCUT2D eigenvalue weighted by Gasteiger charge is 2.12. The van der Waals surface area contributed by atoms with Gasteiger partial charge in [-0.2, -0.15) is 11.8 Å². The molecule has 21 heavy (non-hydrogen) atoms. The maximum absolute atomic E-state index is 4.15. The Morgan fingerprint density at radius 3 is 2.62 bits per heavy atom. The first-order valence-corrected chi connectivity index (χ1v) is 9.07. The van der Waals surface area contributed by atoms with E-state index in [0.29, 0.717) is 5.25 Å². The van der Waals surface area contributed by atoms with Crippen LogP contribution < -0.4 is 0 Å². The Hall–Kier alpha value is -1.22. The van der Waals surface area contributed by atoms with Gasteiger partial charge in [0.15, 0.2) is 0 Å². The smallest absolute Gasteiger partial charge is 0.0946 e. The van der Waals surface area contributed by atoms with E-state index in [1.807, 2.05) is 12.5 Å². The van der Waals surface area contributed by atoms with Crippen molar-refractivity contribution < 1.29 is 0 Å². The molecule has 0 saturated carbocycles. The number of benzene rings is 1. The minimum Gasteiger partial charge on any atom is -0.336 e. The third-order valence-electron chi connectivity index (χ3n) is 3.67. The second-order valence-electron chi connectivity index (χ2n) is 5.44. The highest BCUT2D eigenvalue weighted by atomic mass is 32.2. The molecule has 2 aromatic rings. The van der Waals surface area contributed by atoms with E-state index >= 15 is 0 Å². The summed E-state index contributed by atoms with van der Waals surface area (Å²) in [5, 5.41) is 0.520. The van der Waals surface area contributed by atoms with Crippen LogP contribution in [0.15, 0.2) is 49.1 Å². The molecule has 1 aromatic carbocycles. The summed E-state index contributed by atoms with van der Waals surface area (Å²) < 4.78 is 2.18. The molecule has 0 radical (unpaired) electrons. The molecule has 0 N–H and O–H groups in total. The number of imidazole rings is 1. The van der Waals surface area contributed by atoms with Gasteiger partial charge in [-0.15, -0.1) is 0 Å². The fourth-order valence-electron chi connectivity index (χ4n) is 2.44. The topological polar surface area (TPSA) is 17.8 Å². The Morgan fingerprint density at radius 1 is 1.10 bits per heavy atom. The lowest BCUT2D eigenvalue weighted by Gasteiger charge is -2.17. The predicted molar refractivity (Wildman–Crippen MR) is 92.6 cm³/mol. The Morgan fingerprint density at radius 2 is 1.90 bits per heavy atom. The first-order valence-electron chi connectivity index (χ1n) is 8.02. The molecule has 0 amide bonds. The van der Waals surface area contributed by atoms with Crippen LogP contribution in [-0.2, 0) is 6.54 Å². The van der Waals surface area contributed by atoms with Crippen LogP contribution in [0.1, 0.15) is 49.8 Å². The quantitative estimate of drug-likeness (QED) is 0.552. The molecular weight excluding hydrogens is 276 g/mol. The molecule has 0 saturated heterocycles. The van der Waals surface area contributed by atoms with Crippen molar-refractivity contribution in [1.29, 1.82) is 0 Å². The van der Waals surface area contributed by atoms with Crippen molar-refractivity contribution in [3.63, 3.8) is 0 Å². The summed E-state index contributed by atoms with van der Waals surface area (Å²) in [5.74, 6) is 1.25. The second-order valence-corrected chi connectivity index (χ2v) is 6.75. The van der Waals surface area contributed by atoms with E-state index in [1.165, 1.54) is 43.4 Å². The monoisotopic (exact) mass is 302 g/mol. The van der Waals surface area contributed by atoms with E-state index in [-0.39, 0.29) is 0 Å². The third kappa shape index (κ3) is 5.96. The lowest BCUT2D eigenvalue weighted by atomic mass is 10.1. The van der Waals surface area contributed by atoms with Gasteiger partial charge in [0.2, 0.25) is 0 Å². The van der Waals surface area contributed by atoms with Crippen LogP contribution in [0.3, 0.4) is 0 Å². The molecule has 1 aromatic heterocycles. The van der Waals surface area contributed by atoms with E-state index in [1.54, 1.807) is 0 Å². The van der Waals surface area contributed by atoms with Crippen LogP contribution >= 0.6 is 11.8 Å². The number of rotatable bonds is 10. The fourth-order valence-corrected chi connectivity index (χ4v) is 3.72. The number of nitrogens with zero attached hydrogens (tertiary/aromatic N) is 2. The van der Waals surface area contributed by atoms with E-state index < -0.39 is 0 Å². The van der Waals surface area contributed by atoms with Crippen LogP contribution in [-0.4, -0.2) is 15.3 Å². The van der Waals surface area contributed by atoms with Gasteiger partial charge in [-0.05, 0) is 17.7 Å². The Labute approximate surface area is 133 Å². The number of hydrogen-bond donors (Lipinski definition) is 0. The molecule has 0 aliphatic carbocycles. The molecular formula is C18H26N2S. The summed E-state index contributed by atoms with van der Waals surface area (Å²) in [6.45, 7) is 3.27. The number of aromatic nitrogens is 2. The molecule has 114 valence electrons. The van der Waals surface area contributed by atoms with Gasteiger partial charge in [0.25, 0.3) is 0 Å². The second kappa shape index (κ2) is 9.67. The maximum atomic E-state index is 4.15. The van der Waals surface area contributed by atoms with Crippen LogP contribution in [0, 0.1) is 0 Å². The standard InChI is InChI=1S/C18H26N2S/c1-2-3-4-5-9-14-21-18(15-20-13-12-19-16-20)17-10-7-6-8-11-17/h6-8,10-13,16,18H,2-5,9,14-15H2,1H3. The van der Waals surface area contributed by atoms with Gasteiger partial charge in [-0.25, -0.2) is 4.98 Å². The Kier molecular flexibility index (Phi) is 7.44. The molecule has 1 unspecified atom stereocenters. The first-order chi connectivity index (χ1) is 10.4. The normalized spacial score (nSPS) is 12.4. The minimum absolute atomic E-state index is 0.520. The molecule has 0 bridgehead atoms. The number of unbranched alkanes of at least 4 members (excludes halogenated alkanes) is 4. The van der Waals surface area contributed by atoms with Crippen LogP contribution in [0.2, 0.25) is 0 Å². The van der Waals surface area contributed by atoms with Crippen molar-refractivity contribution in [3.05, 3.63) is 54.6 Å². The molecule has 3 heteroatoms. The molecule has 1 atom stereocenters. The first kappa shape index (κ1) is 16.2. The van der Waals surface area contributed by atoms with Crippen molar-refractivity contribution in [3.8, 4) is 0 Å². The van der Waals surface area contributed by atoms with Crippen molar-refractivity contribution >= 4 is 11.8 Å². The van der Waals surface area contributed by atoms with Crippen molar-refractivity contribution in [2.24, 2.45) is 0 Å². The van der Waals surface area contributed by atoms with Crippen molar-refractivity contribution in [1.82, 2.24) is 9.55 Å². The summed E-state index contributed by atoms with van der Waals surface area (Å²) in [5.41, 5.74) is 1.42. The summed E-state index contributed by atoms with van der Waals surface area (Å²) in [6.07, 6.45) is 12.6. The van der Waals surface area contributed by atoms with Gasteiger partial charge < -0.3 is 4.57 Å². The number of thioether (sulfide) groups is 1. The summed E-state index contributed by atoms with van der Waals surface area (Å²) >= 11 is 2.08. The highest BCUT2D eigenvalue weighted by molar-refractivity contribution is 7.99. The van der Waals surface area contributed by atoms with Gasteiger partial charge in [0.05, 0.1) is 6.33 Å². The highest BCUT2D eigenvalue weighted by Crippen LogP contribution is 2.31. The molecule has 2 rings (SSSR count). The molecule has 0 aliphatic rings. The van der Waals surface area contributed by atoms with E-state index in [2.05, 4.69) is 64.8 Å². The molecule has 0 spiro atoms. The Balaban J connectivity index is 1.84. The van der Waals surface area contributed by atoms with E-state index in [9.17, 15) is 0 Å². The van der Waals surface area contributed by atoms with Gasteiger partial charge in [-0.3, -0.25) is 0 Å². The van der Waals surface area contributed by atoms with E-state index in [0.717, 1.165) is 6.54 Å². The van der Waals surface area contributed by atoms with Gasteiger partial charge >= 0.3 is 0 Å². The zero-order valence-electron chi connectivity index (χ0n) is 12.9. The van der Waals surface area contributed by atoms with Crippen molar-refractivity contribution in [2.45, 2.75) is 50.8 Å². The maximum Gasteiger partial charge on any atom is 0.0946 e. The van der Waals surface area contributed by atoms with Gasteiger partial charge in [-0.1, -0.05) is 62.9 Å². The fraction of sp³-hybridized carbons (Fsp3) is 0.500. The predicted octanol–water partition coefficient (Wildman–Crippen LogP) is 5.33. The largest absolute Gasteiger partial charge is 0.336 e. The summed E-state index contributed by atoms with van der Waals surface area (Å²) in [6, 6.07) is 10.8. The summed E-state index contributed by atoms with van der Waals surface area (Å²) in [4.78, 5) is 4.15. The molecule has 2 nitrogen and oxygen atoms in total. The minimum atomic E-state index is 0.520. The third-order valence-corrected chi connectivity index (χ3v) is 5.02. The Bertz CT molecular complexity index is 467. The van der Waals surface area contributed by atoms with Crippen LogP contribution in [0.4, 0.5) is 0 Å². The average molecular weight is 302 g/mol. The molecule has 1 heterocycles. The number of hydrogen-bond acceptors (Lipinski definition) is 2. The molecule has 0 fully saturated rings. The van der Waals surface area contributed by atoms with E-state index in [4.69, 9.17) is 0 Å². The average Bonchev–Trinajstić information content (AvgIpc) is 3.03. The zero-order chi connectivity index (χ0) is 14.8. The van der Waals surface area contributed by atoms with Crippen molar-refractivity contribution in [2.75, 3.05) is 5.75 Å². The lowest BCUT2D eigenvalue weighted by Crippen LogP contribution is -2.05. The molecule has 0 aliphatic heterocycles. The lowest BCUT2D eigenvalue weighted by molar-refractivity contribution is 0.655. The van der Waals surface area contributed by atoms with Crippen LogP contribution in [0.25, 0.3) is 0 Å². The summed E-state index contributed by atoms with van der Waals surface area (Å²) in [7, 11) is 0. The SMILES string of the molecule is CCCCCCCSC(Cn1ccnc1)c1ccccc1. The van der Waals surface area contributed by atoms with Gasteiger partial charge in [0.1, 0.15) is 0 Å². The van der Waals surface area contributed by atoms with Crippen LogP contribution in [0.5, 0.6) is 0 Å². The zero-order valence-corrected chi connectivity index (χ0v) is 13.8.